The molecule has 26 heavy (non-hydrogen) atoms. The molecule has 132 valence electrons. The van der Waals surface area contributed by atoms with Crippen LogP contribution >= 0.6 is 0 Å². The highest BCUT2D eigenvalue weighted by Gasteiger charge is 2.10. The SMILES string of the molecule is CCc1ccccc1NC(=O)c1ccc(=O)n(Cc2ccc(C)cc2)c1. The van der Waals surface area contributed by atoms with Crippen molar-refractivity contribution in [3.63, 3.8) is 0 Å². The number of benzene rings is 2. The molecule has 3 rings (SSSR count). The Morgan fingerprint density at radius 3 is 2.46 bits per heavy atom. The Labute approximate surface area is 153 Å². The Hall–Kier alpha value is -3.14. The summed E-state index contributed by atoms with van der Waals surface area (Å²) in [4.78, 5) is 24.8. The zero-order chi connectivity index (χ0) is 18.5. The van der Waals surface area contributed by atoms with Gasteiger partial charge in [-0.3, -0.25) is 9.59 Å². The third-order valence-corrected chi connectivity index (χ3v) is 4.37. The molecule has 0 spiro atoms. The van der Waals surface area contributed by atoms with Gasteiger partial charge in [-0.25, -0.2) is 0 Å². The maximum absolute atomic E-state index is 12.6. The minimum Gasteiger partial charge on any atom is -0.322 e. The van der Waals surface area contributed by atoms with Crippen LogP contribution in [0.1, 0.15) is 34.0 Å². The van der Waals surface area contributed by atoms with Gasteiger partial charge in [0.15, 0.2) is 0 Å². The lowest BCUT2D eigenvalue weighted by atomic mass is 10.1. The minimum absolute atomic E-state index is 0.129. The van der Waals surface area contributed by atoms with Crippen molar-refractivity contribution in [1.82, 2.24) is 4.57 Å². The van der Waals surface area contributed by atoms with Crippen molar-refractivity contribution in [2.45, 2.75) is 26.8 Å². The number of anilines is 1. The standard InChI is InChI=1S/C22H22N2O2/c1-3-18-6-4-5-7-20(18)23-22(26)19-12-13-21(25)24(15-19)14-17-10-8-16(2)9-11-17/h4-13,15H,3,14H2,1-2H3,(H,23,26). The Morgan fingerprint density at radius 1 is 1.00 bits per heavy atom. The largest absolute Gasteiger partial charge is 0.322 e. The maximum atomic E-state index is 12.6. The second-order valence-electron chi connectivity index (χ2n) is 6.33. The predicted octanol–water partition coefficient (Wildman–Crippen LogP) is 4.02. The molecule has 0 atom stereocenters. The zero-order valence-corrected chi connectivity index (χ0v) is 15.0. The Balaban J connectivity index is 1.83. The maximum Gasteiger partial charge on any atom is 0.257 e. The summed E-state index contributed by atoms with van der Waals surface area (Å²) in [7, 11) is 0. The van der Waals surface area contributed by atoms with E-state index in [1.165, 1.54) is 11.6 Å². The van der Waals surface area contributed by atoms with Gasteiger partial charge in [0.05, 0.1) is 12.1 Å². The summed E-state index contributed by atoms with van der Waals surface area (Å²) >= 11 is 0. The fraction of sp³-hybridized carbons (Fsp3) is 0.182. The van der Waals surface area contributed by atoms with E-state index in [1.807, 2.05) is 62.4 Å². The quantitative estimate of drug-likeness (QED) is 0.758. The van der Waals surface area contributed by atoms with Gasteiger partial charge in [0.2, 0.25) is 0 Å². The Kier molecular flexibility index (Phi) is 5.32. The van der Waals surface area contributed by atoms with E-state index < -0.39 is 0 Å². The number of rotatable bonds is 5. The molecule has 0 aliphatic rings. The van der Waals surface area contributed by atoms with Crippen LogP contribution in [0.5, 0.6) is 0 Å². The van der Waals surface area contributed by atoms with E-state index in [2.05, 4.69) is 5.32 Å². The van der Waals surface area contributed by atoms with E-state index >= 15 is 0 Å². The molecule has 1 heterocycles. The van der Waals surface area contributed by atoms with Gasteiger partial charge in [0, 0.05) is 18.0 Å². The number of amides is 1. The molecule has 4 heteroatoms. The smallest absolute Gasteiger partial charge is 0.257 e. The van der Waals surface area contributed by atoms with Crippen molar-refractivity contribution in [1.29, 1.82) is 0 Å². The Morgan fingerprint density at radius 2 is 1.73 bits per heavy atom. The van der Waals surface area contributed by atoms with Crippen LogP contribution in [-0.2, 0) is 13.0 Å². The number of aromatic nitrogens is 1. The first-order valence-electron chi connectivity index (χ1n) is 8.72. The molecule has 0 unspecified atom stereocenters. The fourth-order valence-corrected chi connectivity index (χ4v) is 2.82. The van der Waals surface area contributed by atoms with E-state index in [9.17, 15) is 9.59 Å². The molecule has 0 saturated carbocycles. The molecule has 2 aromatic carbocycles. The topological polar surface area (TPSA) is 51.1 Å². The van der Waals surface area contributed by atoms with E-state index in [1.54, 1.807) is 16.8 Å². The molecule has 0 saturated heterocycles. The molecule has 1 N–H and O–H groups in total. The zero-order valence-electron chi connectivity index (χ0n) is 15.0. The average Bonchev–Trinajstić information content (AvgIpc) is 2.65. The van der Waals surface area contributed by atoms with Gasteiger partial charge in [0.25, 0.3) is 11.5 Å². The number of hydrogen-bond donors (Lipinski definition) is 1. The monoisotopic (exact) mass is 346 g/mol. The fourth-order valence-electron chi connectivity index (χ4n) is 2.82. The average molecular weight is 346 g/mol. The molecule has 0 aliphatic heterocycles. The molecular weight excluding hydrogens is 324 g/mol. The number of carbonyl (C=O) groups excluding carboxylic acids is 1. The second-order valence-corrected chi connectivity index (χ2v) is 6.33. The lowest BCUT2D eigenvalue weighted by Crippen LogP contribution is -2.22. The summed E-state index contributed by atoms with van der Waals surface area (Å²) in [5, 5.41) is 2.94. The number of para-hydroxylation sites is 1. The summed E-state index contributed by atoms with van der Waals surface area (Å²) in [5.74, 6) is -0.219. The van der Waals surface area contributed by atoms with E-state index in [-0.39, 0.29) is 11.5 Å². The third kappa shape index (κ3) is 4.09. The van der Waals surface area contributed by atoms with Crippen LogP contribution in [0.15, 0.2) is 71.7 Å². The van der Waals surface area contributed by atoms with Crippen molar-refractivity contribution >= 4 is 11.6 Å². The highest BCUT2D eigenvalue weighted by Crippen LogP contribution is 2.16. The summed E-state index contributed by atoms with van der Waals surface area (Å²) in [5.41, 5.74) is 4.40. The normalized spacial score (nSPS) is 10.5. The van der Waals surface area contributed by atoms with E-state index in [0.717, 1.165) is 23.2 Å². The molecular formula is C22H22N2O2. The van der Waals surface area contributed by atoms with Gasteiger partial charge in [-0.2, -0.15) is 0 Å². The summed E-state index contributed by atoms with van der Waals surface area (Å²) < 4.78 is 1.56. The number of pyridine rings is 1. The van der Waals surface area contributed by atoms with Gasteiger partial charge in [-0.05, 0) is 36.6 Å². The summed E-state index contributed by atoms with van der Waals surface area (Å²) in [6, 6.07) is 18.7. The number of hydrogen-bond acceptors (Lipinski definition) is 2. The van der Waals surface area contributed by atoms with Crippen molar-refractivity contribution in [2.75, 3.05) is 5.32 Å². The Bertz CT molecular complexity index is 972. The van der Waals surface area contributed by atoms with Gasteiger partial charge in [-0.15, -0.1) is 0 Å². The van der Waals surface area contributed by atoms with Crippen LogP contribution in [0.2, 0.25) is 0 Å². The molecule has 0 bridgehead atoms. The van der Waals surface area contributed by atoms with Gasteiger partial charge >= 0.3 is 0 Å². The highest BCUT2D eigenvalue weighted by molar-refractivity contribution is 6.04. The van der Waals surface area contributed by atoms with Gasteiger partial charge < -0.3 is 9.88 Å². The van der Waals surface area contributed by atoms with Crippen molar-refractivity contribution < 1.29 is 4.79 Å². The predicted molar refractivity (Wildman–Crippen MR) is 105 cm³/mol. The summed E-state index contributed by atoms with van der Waals surface area (Å²) in [6.07, 6.45) is 2.45. The van der Waals surface area contributed by atoms with Crippen molar-refractivity contribution in [3.8, 4) is 0 Å². The van der Waals surface area contributed by atoms with Crippen LogP contribution in [0.3, 0.4) is 0 Å². The lowest BCUT2D eigenvalue weighted by molar-refractivity contribution is 0.102. The molecule has 4 nitrogen and oxygen atoms in total. The van der Waals surface area contributed by atoms with Crippen LogP contribution < -0.4 is 10.9 Å². The third-order valence-electron chi connectivity index (χ3n) is 4.37. The molecule has 0 fully saturated rings. The molecule has 1 aromatic heterocycles. The van der Waals surface area contributed by atoms with Gasteiger partial charge in [0.1, 0.15) is 0 Å². The second kappa shape index (κ2) is 7.83. The summed E-state index contributed by atoms with van der Waals surface area (Å²) in [6.45, 7) is 4.51. The first kappa shape index (κ1) is 17.7. The lowest BCUT2D eigenvalue weighted by Gasteiger charge is -2.11. The minimum atomic E-state index is -0.219. The molecule has 0 radical (unpaired) electrons. The first-order valence-corrected chi connectivity index (χ1v) is 8.72. The highest BCUT2D eigenvalue weighted by atomic mass is 16.2. The molecule has 1 amide bonds. The number of aryl methyl sites for hydroxylation is 2. The van der Waals surface area contributed by atoms with Crippen molar-refractivity contribution in [3.05, 3.63) is 99.5 Å². The van der Waals surface area contributed by atoms with E-state index in [0.29, 0.717) is 12.1 Å². The van der Waals surface area contributed by atoms with Crippen LogP contribution in [0.25, 0.3) is 0 Å². The number of carbonyl (C=O) groups is 1. The van der Waals surface area contributed by atoms with Gasteiger partial charge in [-0.1, -0.05) is 55.0 Å². The van der Waals surface area contributed by atoms with Crippen LogP contribution in [-0.4, -0.2) is 10.5 Å². The molecule has 0 aliphatic carbocycles. The van der Waals surface area contributed by atoms with E-state index in [4.69, 9.17) is 0 Å². The van der Waals surface area contributed by atoms with Crippen molar-refractivity contribution in [2.24, 2.45) is 0 Å². The molecule has 3 aromatic rings. The van der Waals surface area contributed by atoms with Crippen LogP contribution in [0.4, 0.5) is 5.69 Å². The number of nitrogens with zero attached hydrogens (tertiary/aromatic N) is 1. The first-order chi connectivity index (χ1) is 12.6. The number of nitrogens with one attached hydrogen (secondary N) is 1. The van der Waals surface area contributed by atoms with Crippen LogP contribution in [0, 0.1) is 6.92 Å².